The molecule has 2 atom stereocenters. The molecule has 1 saturated carbocycles. The minimum atomic E-state index is -0.995. The van der Waals surface area contributed by atoms with E-state index in [2.05, 4.69) is 9.47 Å². The van der Waals surface area contributed by atoms with Gasteiger partial charge in [0.25, 0.3) is 6.47 Å². The van der Waals surface area contributed by atoms with E-state index in [-0.39, 0.29) is 37.5 Å². The number of ether oxygens (including phenoxy) is 2. The van der Waals surface area contributed by atoms with Gasteiger partial charge < -0.3 is 9.47 Å². The summed E-state index contributed by atoms with van der Waals surface area (Å²) < 4.78 is 8.87. The van der Waals surface area contributed by atoms with Gasteiger partial charge in [-0.1, -0.05) is 0 Å². The first-order valence-electron chi connectivity index (χ1n) is 4.78. The predicted molar refractivity (Wildman–Crippen MR) is 50.3 cm³/mol. The molecule has 0 aliphatic heterocycles. The van der Waals surface area contributed by atoms with E-state index in [1.165, 1.54) is 7.11 Å². The van der Waals surface area contributed by atoms with E-state index in [4.69, 9.17) is 0 Å². The van der Waals surface area contributed by atoms with Crippen molar-refractivity contribution in [2.45, 2.75) is 12.8 Å². The predicted octanol–water partition coefficient (Wildman–Crippen LogP) is -0.503. The lowest BCUT2D eigenvalue weighted by atomic mass is 9.80. The molecule has 0 aromatic carbocycles. The molecule has 1 aliphatic rings. The SMILES string of the molecule is COC(=O)C1CC(=O)C(COC=O)CC1=O. The summed E-state index contributed by atoms with van der Waals surface area (Å²) in [5.74, 6) is -2.90. The molecule has 88 valence electrons. The summed E-state index contributed by atoms with van der Waals surface area (Å²) in [7, 11) is 1.17. The van der Waals surface area contributed by atoms with Crippen LogP contribution in [0.5, 0.6) is 0 Å². The van der Waals surface area contributed by atoms with Gasteiger partial charge in [-0.2, -0.15) is 0 Å². The number of Topliss-reactive ketones (excluding diaryl/α,β-unsaturated/α-hetero) is 2. The van der Waals surface area contributed by atoms with Crippen LogP contribution in [0.4, 0.5) is 0 Å². The maximum Gasteiger partial charge on any atom is 0.316 e. The summed E-state index contributed by atoms with van der Waals surface area (Å²) in [5, 5.41) is 0. The summed E-state index contributed by atoms with van der Waals surface area (Å²) >= 11 is 0. The molecule has 6 heteroatoms. The minimum Gasteiger partial charge on any atom is -0.468 e. The van der Waals surface area contributed by atoms with Crippen molar-refractivity contribution in [2.75, 3.05) is 13.7 Å². The van der Waals surface area contributed by atoms with Crippen LogP contribution in [-0.4, -0.2) is 37.7 Å². The highest BCUT2D eigenvalue weighted by Gasteiger charge is 2.39. The molecule has 0 radical (unpaired) electrons. The first-order chi connectivity index (χ1) is 7.60. The molecule has 0 bridgehead atoms. The van der Waals surface area contributed by atoms with Crippen molar-refractivity contribution >= 4 is 24.0 Å². The van der Waals surface area contributed by atoms with Gasteiger partial charge in [-0.25, -0.2) is 0 Å². The molecule has 0 aromatic rings. The molecular formula is C10H12O6. The zero-order chi connectivity index (χ0) is 12.1. The van der Waals surface area contributed by atoms with Crippen molar-refractivity contribution in [2.24, 2.45) is 11.8 Å². The number of carbonyl (C=O) groups excluding carboxylic acids is 4. The molecule has 0 heterocycles. The molecule has 0 N–H and O–H groups in total. The molecule has 16 heavy (non-hydrogen) atoms. The molecule has 0 amide bonds. The number of carbonyl (C=O) groups is 4. The highest BCUT2D eigenvalue weighted by atomic mass is 16.5. The van der Waals surface area contributed by atoms with E-state index in [1.807, 2.05) is 0 Å². The van der Waals surface area contributed by atoms with E-state index in [0.717, 1.165) is 0 Å². The smallest absolute Gasteiger partial charge is 0.316 e. The maximum atomic E-state index is 11.5. The molecule has 1 rings (SSSR count). The Labute approximate surface area is 91.9 Å². The van der Waals surface area contributed by atoms with Gasteiger partial charge in [0, 0.05) is 12.8 Å². The zero-order valence-corrected chi connectivity index (χ0v) is 8.80. The maximum absolute atomic E-state index is 11.5. The molecule has 1 aliphatic carbocycles. The fourth-order valence-corrected chi connectivity index (χ4v) is 1.64. The Kier molecular flexibility index (Phi) is 4.16. The summed E-state index contributed by atoms with van der Waals surface area (Å²) in [6.45, 7) is 0.117. The standard InChI is InChI=1S/C10H12O6/c1-15-10(14)7-3-8(12)6(2-9(7)13)4-16-5-11/h5-7H,2-4H2,1H3. The number of hydrogen-bond donors (Lipinski definition) is 0. The van der Waals surface area contributed by atoms with Crippen LogP contribution in [0.2, 0.25) is 0 Å². The molecule has 0 spiro atoms. The average molecular weight is 228 g/mol. The Morgan fingerprint density at radius 2 is 2.06 bits per heavy atom. The molecule has 1 fully saturated rings. The third-order valence-corrected chi connectivity index (χ3v) is 2.55. The van der Waals surface area contributed by atoms with E-state index >= 15 is 0 Å². The van der Waals surface area contributed by atoms with Gasteiger partial charge in [-0.15, -0.1) is 0 Å². The number of esters is 1. The Hall–Kier alpha value is -1.72. The Morgan fingerprint density at radius 1 is 1.38 bits per heavy atom. The van der Waals surface area contributed by atoms with E-state index in [1.54, 1.807) is 0 Å². The Balaban J connectivity index is 2.63. The van der Waals surface area contributed by atoms with Crippen molar-refractivity contribution in [3.8, 4) is 0 Å². The highest BCUT2D eigenvalue weighted by molar-refractivity contribution is 6.07. The number of rotatable bonds is 4. The van der Waals surface area contributed by atoms with Gasteiger partial charge in [0.2, 0.25) is 0 Å². The lowest BCUT2D eigenvalue weighted by Gasteiger charge is -2.23. The van der Waals surface area contributed by atoms with E-state index < -0.39 is 17.8 Å². The van der Waals surface area contributed by atoms with Gasteiger partial charge in [0.1, 0.15) is 24.1 Å². The van der Waals surface area contributed by atoms with Crippen molar-refractivity contribution in [3.63, 3.8) is 0 Å². The van der Waals surface area contributed by atoms with Crippen molar-refractivity contribution in [1.82, 2.24) is 0 Å². The summed E-state index contributed by atoms with van der Waals surface area (Å²) in [5.41, 5.74) is 0. The van der Waals surface area contributed by atoms with Gasteiger partial charge in [0.05, 0.1) is 13.0 Å². The molecule has 0 saturated heterocycles. The first kappa shape index (κ1) is 12.4. The summed E-state index contributed by atoms with van der Waals surface area (Å²) in [6.07, 6.45) is -0.245. The Bertz CT molecular complexity index is 321. The van der Waals surface area contributed by atoms with Crippen LogP contribution < -0.4 is 0 Å². The van der Waals surface area contributed by atoms with Crippen molar-refractivity contribution in [1.29, 1.82) is 0 Å². The van der Waals surface area contributed by atoms with E-state index in [9.17, 15) is 19.2 Å². The number of hydrogen-bond acceptors (Lipinski definition) is 6. The fourth-order valence-electron chi connectivity index (χ4n) is 1.64. The van der Waals surface area contributed by atoms with Crippen LogP contribution in [0.15, 0.2) is 0 Å². The first-order valence-corrected chi connectivity index (χ1v) is 4.78. The second-order valence-corrected chi connectivity index (χ2v) is 3.54. The quantitative estimate of drug-likeness (QED) is 0.366. The van der Waals surface area contributed by atoms with Crippen LogP contribution in [-0.2, 0) is 28.7 Å². The third-order valence-electron chi connectivity index (χ3n) is 2.55. The molecule has 6 nitrogen and oxygen atoms in total. The minimum absolute atomic E-state index is 0.0769. The molecule has 2 unspecified atom stereocenters. The summed E-state index contributed by atoms with van der Waals surface area (Å²) in [4.78, 5) is 44.2. The fraction of sp³-hybridized carbons (Fsp3) is 0.600. The van der Waals surface area contributed by atoms with Crippen LogP contribution >= 0.6 is 0 Å². The second kappa shape index (κ2) is 5.39. The van der Waals surface area contributed by atoms with Gasteiger partial charge >= 0.3 is 5.97 Å². The second-order valence-electron chi connectivity index (χ2n) is 3.54. The van der Waals surface area contributed by atoms with Gasteiger partial charge in [0.15, 0.2) is 0 Å². The average Bonchev–Trinajstić information content (AvgIpc) is 2.28. The van der Waals surface area contributed by atoms with Crippen LogP contribution in [0.25, 0.3) is 0 Å². The Morgan fingerprint density at radius 3 is 2.62 bits per heavy atom. The number of ketones is 2. The molecular weight excluding hydrogens is 216 g/mol. The van der Waals surface area contributed by atoms with Crippen molar-refractivity contribution in [3.05, 3.63) is 0 Å². The van der Waals surface area contributed by atoms with Crippen LogP contribution in [0, 0.1) is 11.8 Å². The lowest BCUT2D eigenvalue weighted by molar-refractivity contribution is -0.155. The van der Waals surface area contributed by atoms with Gasteiger partial charge in [-0.3, -0.25) is 19.2 Å². The highest BCUT2D eigenvalue weighted by Crippen LogP contribution is 2.24. The third kappa shape index (κ3) is 2.65. The zero-order valence-electron chi connectivity index (χ0n) is 8.80. The van der Waals surface area contributed by atoms with E-state index in [0.29, 0.717) is 0 Å². The number of methoxy groups -OCH3 is 1. The molecule has 0 aromatic heterocycles. The normalized spacial score (nSPS) is 25.1. The van der Waals surface area contributed by atoms with Crippen LogP contribution in [0.1, 0.15) is 12.8 Å². The largest absolute Gasteiger partial charge is 0.468 e. The summed E-state index contributed by atoms with van der Waals surface area (Å²) in [6, 6.07) is 0. The van der Waals surface area contributed by atoms with Gasteiger partial charge in [-0.05, 0) is 0 Å². The monoisotopic (exact) mass is 228 g/mol. The lowest BCUT2D eigenvalue weighted by Crippen LogP contribution is -2.38. The topological polar surface area (TPSA) is 86.7 Å². The van der Waals surface area contributed by atoms with Crippen LogP contribution in [0.3, 0.4) is 0 Å². The van der Waals surface area contributed by atoms with Crippen molar-refractivity contribution < 1.29 is 28.7 Å².